The van der Waals surface area contributed by atoms with Crippen LogP contribution >= 0.6 is 0 Å². The van der Waals surface area contributed by atoms with Crippen LogP contribution in [0.5, 0.6) is 0 Å². The summed E-state index contributed by atoms with van der Waals surface area (Å²) in [7, 11) is -2.04. The molecule has 164 valence electrons. The first-order valence-electron chi connectivity index (χ1n) is 10.1. The summed E-state index contributed by atoms with van der Waals surface area (Å²) in [5.41, 5.74) is 1.91. The summed E-state index contributed by atoms with van der Waals surface area (Å²) in [6.07, 6.45) is 2.67. The molecule has 3 aromatic carbocycles. The van der Waals surface area contributed by atoms with E-state index in [1.807, 2.05) is 91.0 Å². The van der Waals surface area contributed by atoms with Gasteiger partial charge in [-0.15, -0.1) is 0 Å². The van der Waals surface area contributed by atoms with Crippen LogP contribution < -0.4 is 5.69 Å². The van der Waals surface area contributed by atoms with Gasteiger partial charge in [0.1, 0.15) is 12.1 Å². The third-order valence-corrected chi connectivity index (χ3v) is 6.10. The molecule has 32 heavy (non-hydrogen) atoms. The summed E-state index contributed by atoms with van der Waals surface area (Å²) in [6, 6.07) is 29.4. The molecule has 0 aliphatic rings. The summed E-state index contributed by atoms with van der Waals surface area (Å²) in [4.78, 5) is 13.6. The van der Waals surface area contributed by atoms with Gasteiger partial charge in [-0.1, -0.05) is 91.0 Å². The third-order valence-electron chi connectivity index (χ3n) is 5.56. The lowest BCUT2D eigenvalue weighted by atomic mass is 9.76. The first-order valence-corrected chi connectivity index (χ1v) is 11.9. The van der Waals surface area contributed by atoms with E-state index in [-0.39, 0.29) is 12.3 Å². The minimum Gasteiger partial charge on any atom is -0.297 e. The molecule has 0 saturated heterocycles. The van der Waals surface area contributed by atoms with Crippen molar-refractivity contribution in [3.63, 3.8) is 0 Å². The van der Waals surface area contributed by atoms with Crippen molar-refractivity contribution in [3.05, 3.63) is 130 Å². The van der Waals surface area contributed by atoms with E-state index in [4.69, 9.17) is 4.18 Å². The van der Waals surface area contributed by atoms with Crippen molar-refractivity contribution in [3.8, 4) is 0 Å². The predicted molar refractivity (Wildman–Crippen MR) is 124 cm³/mol. The Morgan fingerprint density at radius 2 is 1.19 bits per heavy atom. The van der Waals surface area contributed by atoms with E-state index in [0.717, 1.165) is 22.9 Å². The molecule has 0 radical (unpaired) electrons. The Bertz CT molecular complexity index is 1260. The van der Waals surface area contributed by atoms with E-state index in [9.17, 15) is 13.2 Å². The van der Waals surface area contributed by atoms with E-state index in [0.29, 0.717) is 5.69 Å². The first-order chi connectivity index (χ1) is 15.3. The highest BCUT2D eigenvalue weighted by Crippen LogP contribution is 2.40. The topological polar surface area (TPSA) is 70.3 Å². The highest BCUT2D eigenvalue weighted by molar-refractivity contribution is 7.85. The zero-order valence-electron chi connectivity index (χ0n) is 17.9. The fraction of sp³-hybridized carbons (Fsp3) is 0.160. The third kappa shape index (κ3) is 3.92. The number of aromatic nitrogens is 2. The Hall–Kier alpha value is -3.42. The Labute approximate surface area is 187 Å². The molecule has 0 fully saturated rings. The maximum Gasteiger partial charge on any atom is 0.329 e. The maximum atomic E-state index is 13.6. The average molecular weight is 449 g/mol. The van der Waals surface area contributed by atoms with Gasteiger partial charge in [-0.3, -0.25) is 13.3 Å². The monoisotopic (exact) mass is 448 g/mol. The van der Waals surface area contributed by atoms with Gasteiger partial charge in [-0.2, -0.15) is 8.42 Å². The highest BCUT2D eigenvalue weighted by atomic mass is 32.2. The number of hydrogen-bond donors (Lipinski definition) is 0. The summed E-state index contributed by atoms with van der Waals surface area (Å²) < 4.78 is 31.2. The number of benzene rings is 3. The average Bonchev–Trinajstić information content (AvgIpc) is 3.09. The van der Waals surface area contributed by atoms with Crippen molar-refractivity contribution >= 4 is 10.1 Å². The number of nitrogens with zero attached hydrogens (tertiary/aromatic N) is 2. The summed E-state index contributed by atoms with van der Waals surface area (Å²) in [6.45, 7) is -0.230. The molecule has 0 aliphatic heterocycles. The SMILES string of the molecule is Cn1c(COS(C)(=O)=O)cn(C(c2ccccc2)(c2ccccc2)c2ccccc2)c1=O. The lowest BCUT2D eigenvalue weighted by Crippen LogP contribution is -2.44. The van der Waals surface area contributed by atoms with Crippen molar-refractivity contribution in [1.29, 1.82) is 0 Å². The number of imidazole rings is 1. The van der Waals surface area contributed by atoms with E-state index < -0.39 is 15.7 Å². The van der Waals surface area contributed by atoms with E-state index in [2.05, 4.69) is 0 Å². The van der Waals surface area contributed by atoms with Gasteiger partial charge in [-0.25, -0.2) is 4.79 Å². The molecule has 1 heterocycles. The van der Waals surface area contributed by atoms with E-state index in [1.165, 1.54) is 4.57 Å². The largest absolute Gasteiger partial charge is 0.329 e. The molecule has 0 amide bonds. The first kappa shape index (κ1) is 21.8. The number of hydrogen-bond acceptors (Lipinski definition) is 4. The van der Waals surface area contributed by atoms with E-state index >= 15 is 0 Å². The van der Waals surface area contributed by atoms with Gasteiger partial charge in [-0.05, 0) is 16.7 Å². The minimum atomic E-state index is -3.66. The van der Waals surface area contributed by atoms with Gasteiger partial charge in [0.25, 0.3) is 10.1 Å². The standard InChI is InChI=1S/C25H24N2O4S/c1-26-23(19-31-32(2,29)30)18-27(24(26)28)25(20-12-6-3-7-13-20,21-14-8-4-9-15-21)22-16-10-5-11-17-22/h3-18H,19H2,1-2H3. The lowest BCUT2D eigenvalue weighted by molar-refractivity contribution is 0.303. The fourth-order valence-corrected chi connectivity index (χ4v) is 4.41. The van der Waals surface area contributed by atoms with Crippen molar-refractivity contribution in [2.24, 2.45) is 7.05 Å². The van der Waals surface area contributed by atoms with Gasteiger partial charge in [0, 0.05) is 13.2 Å². The molecule has 4 aromatic rings. The van der Waals surface area contributed by atoms with Gasteiger partial charge < -0.3 is 0 Å². The highest BCUT2D eigenvalue weighted by Gasteiger charge is 2.40. The zero-order chi connectivity index (χ0) is 22.8. The van der Waals surface area contributed by atoms with E-state index in [1.54, 1.807) is 17.8 Å². The Balaban J connectivity index is 2.07. The van der Waals surface area contributed by atoms with Crippen LogP contribution in [-0.4, -0.2) is 23.8 Å². The molecule has 0 aliphatic carbocycles. The van der Waals surface area contributed by atoms with Crippen LogP contribution in [0.15, 0.2) is 102 Å². The Morgan fingerprint density at radius 3 is 1.56 bits per heavy atom. The summed E-state index contributed by atoms with van der Waals surface area (Å²) in [5.74, 6) is 0. The van der Waals surface area contributed by atoms with Gasteiger partial charge >= 0.3 is 5.69 Å². The molecule has 1 aromatic heterocycles. The molecule has 0 saturated carbocycles. The van der Waals surface area contributed by atoms with Crippen molar-refractivity contribution in [2.75, 3.05) is 6.26 Å². The molecular formula is C25H24N2O4S. The summed E-state index contributed by atoms with van der Waals surface area (Å²) >= 11 is 0. The van der Waals surface area contributed by atoms with Crippen molar-refractivity contribution in [1.82, 2.24) is 9.13 Å². The number of rotatable bonds is 7. The lowest BCUT2D eigenvalue weighted by Gasteiger charge is -2.36. The molecule has 6 nitrogen and oxygen atoms in total. The van der Waals surface area contributed by atoms with Crippen LogP contribution in [0.25, 0.3) is 0 Å². The molecule has 7 heteroatoms. The van der Waals surface area contributed by atoms with Crippen LogP contribution in [-0.2, 0) is 33.5 Å². The van der Waals surface area contributed by atoms with Crippen LogP contribution in [0, 0.1) is 0 Å². The van der Waals surface area contributed by atoms with Crippen LogP contribution in [0.3, 0.4) is 0 Å². The molecule has 4 rings (SSSR count). The molecule has 0 spiro atoms. The zero-order valence-corrected chi connectivity index (χ0v) is 18.7. The molecule has 0 atom stereocenters. The van der Waals surface area contributed by atoms with Crippen molar-refractivity contribution < 1.29 is 12.6 Å². The van der Waals surface area contributed by atoms with Crippen LogP contribution in [0.2, 0.25) is 0 Å². The smallest absolute Gasteiger partial charge is 0.297 e. The Kier molecular flexibility index (Phi) is 5.86. The maximum absolute atomic E-state index is 13.6. The summed E-state index contributed by atoms with van der Waals surface area (Å²) in [5, 5.41) is 0. The van der Waals surface area contributed by atoms with Gasteiger partial charge in [0.15, 0.2) is 0 Å². The fourth-order valence-electron chi connectivity index (χ4n) is 4.07. The molecule has 0 N–H and O–H groups in total. The molecular weight excluding hydrogens is 424 g/mol. The van der Waals surface area contributed by atoms with Crippen molar-refractivity contribution in [2.45, 2.75) is 12.1 Å². The second-order valence-electron chi connectivity index (χ2n) is 7.61. The quantitative estimate of drug-likeness (QED) is 0.321. The molecule has 0 bridgehead atoms. The molecule has 0 unspecified atom stereocenters. The second-order valence-corrected chi connectivity index (χ2v) is 9.25. The van der Waals surface area contributed by atoms with Crippen LogP contribution in [0.1, 0.15) is 22.4 Å². The normalized spacial score (nSPS) is 12.1. The van der Waals surface area contributed by atoms with Crippen LogP contribution in [0.4, 0.5) is 0 Å². The second kappa shape index (κ2) is 8.61. The Morgan fingerprint density at radius 1 is 0.781 bits per heavy atom. The predicted octanol–water partition coefficient (Wildman–Crippen LogP) is 3.50. The van der Waals surface area contributed by atoms with Gasteiger partial charge in [0.05, 0.1) is 11.9 Å². The van der Waals surface area contributed by atoms with Gasteiger partial charge in [0.2, 0.25) is 0 Å². The minimum absolute atomic E-state index is 0.230.